The van der Waals surface area contributed by atoms with Crippen LogP contribution in [-0.4, -0.2) is 22.4 Å². The topological polar surface area (TPSA) is 66.9 Å². The zero-order valence-corrected chi connectivity index (χ0v) is 13.0. The summed E-state index contributed by atoms with van der Waals surface area (Å²) in [7, 11) is 0. The number of aromatic nitrogens is 2. The van der Waals surface area contributed by atoms with Crippen molar-refractivity contribution in [2.45, 2.75) is 26.8 Å². The van der Waals surface area contributed by atoms with Crippen LogP contribution in [0.3, 0.4) is 0 Å². The zero-order chi connectivity index (χ0) is 15.8. The molecule has 1 amide bonds. The lowest BCUT2D eigenvalue weighted by molar-refractivity contribution is 0.0951. The van der Waals surface area contributed by atoms with E-state index in [-0.39, 0.29) is 5.91 Å². The minimum Gasteiger partial charge on any atom is -0.370 e. The lowest BCUT2D eigenvalue weighted by Crippen LogP contribution is -2.23. The molecule has 0 unspecified atom stereocenters. The van der Waals surface area contributed by atoms with E-state index >= 15 is 0 Å². The fraction of sp³-hybridized carbons (Fsp3) is 0.353. The second-order valence-electron chi connectivity index (χ2n) is 5.58. The number of hydrogen-bond acceptors (Lipinski definition) is 4. The molecule has 0 fully saturated rings. The van der Waals surface area contributed by atoms with E-state index in [4.69, 9.17) is 0 Å². The average Bonchev–Trinajstić information content (AvgIpc) is 2.53. The molecule has 0 bridgehead atoms. The molecule has 0 spiro atoms. The molecule has 2 aromatic heterocycles. The van der Waals surface area contributed by atoms with Crippen LogP contribution >= 0.6 is 0 Å². The molecule has 5 heteroatoms. The molecule has 0 saturated carbocycles. The highest BCUT2D eigenvalue weighted by Crippen LogP contribution is 2.08. The minimum atomic E-state index is -0.113. The van der Waals surface area contributed by atoms with Crippen molar-refractivity contribution in [3.63, 3.8) is 0 Å². The number of amides is 1. The summed E-state index contributed by atoms with van der Waals surface area (Å²) in [6.45, 7) is 5.67. The summed E-state index contributed by atoms with van der Waals surface area (Å²) in [6, 6.07) is 7.27. The number of anilines is 1. The van der Waals surface area contributed by atoms with Gasteiger partial charge in [0.05, 0.1) is 0 Å². The van der Waals surface area contributed by atoms with Gasteiger partial charge in [-0.1, -0.05) is 19.9 Å². The van der Waals surface area contributed by atoms with E-state index in [0.717, 1.165) is 24.3 Å². The average molecular weight is 298 g/mol. The Bertz CT molecular complexity index is 599. The van der Waals surface area contributed by atoms with Gasteiger partial charge in [0.25, 0.3) is 5.91 Å². The van der Waals surface area contributed by atoms with Gasteiger partial charge in [0.1, 0.15) is 5.82 Å². The van der Waals surface area contributed by atoms with Gasteiger partial charge in [-0.05, 0) is 36.1 Å². The smallest absolute Gasteiger partial charge is 0.251 e. The molecule has 22 heavy (non-hydrogen) atoms. The molecule has 0 saturated heterocycles. The molecule has 2 rings (SSSR count). The van der Waals surface area contributed by atoms with Gasteiger partial charge >= 0.3 is 0 Å². The van der Waals surface area contributed by atoms with Crippen LogP contribution in [0, 0.1) is 5.92 Å². The van der Waals surface area contributed by atoms with Crippen LogP contribution < -0.4 is 10.6 Å². The SMILES string of the molecule is CC(C)CCNc1cc(C(=O)NCc2cccnc2)ccn1. The van der Waals surface area contributed by atoms with Crippen LogP contribution in [0.1, 0.15) is 36.2 Å². The number of pyridine rings is 2. The number of rotatable bonds is 7. The van der Waals surface area contributed by atoms with Crippen molar-refractivity contribution >= 4 is 11.7 Å². The number of carbonyl (C=O) groups excluding carboxylic acids is 1. The fourth-order valence-corrected chi connectivity index (χ4v) is 1.94. The molecular weight excluding hydrogens is 276 g/mol. The van der Waals surface area contributed by atoms with Gasteiger partial charge < -0.3 is 10.6 Å². The Labute approximate surface area is 131 Å². The van der Waals surface area contributed by atoms with Crippen molar-refractivity contribution in [1.82, 2.24) is 15.3 Å². The zero-order valence-electron chi connectivity index (χ0n) is 13.0. The van der Waals surface area contributed by atoms with Gasteiger partial charge in [-0.15, -0.1) is 0 Å². The first-order valence-corrected chi connectivity index (χ1v) is 7.52. The summed E-state index contributed by atoms with van der Waals surface area (Å²) in [4.78, 5) is 20.4. The maximum Gasteiger partial charge on any atom is 0.251 e. The van der Waals surface area contributed by atoms with Crippen molar-refractivity contribution in [1.29, 1.82) is 0 Å². The molecule has 5 nitrogen and oxygen atoms in total. The first kappa shape index (κ1) is 15.9. The highest BCUT2D eigenvalue weighted by Gasteiger charge is 2.07. The van der Waals surface area contributed by atoms with Gasteiger partial charge in [-0.3, -0.25) is 9.78 Å². The third kappa shape index (κ3) is 5.16. The third-order valence-corrected chi connectivity index (χ3v) is 3.23. The number of nitrogens with zero attached hydrogens (tertiary/aromatic N) is 2. The van der Waals surface area contributed by atoms with Crippen LogP contribution in [0.2, 0.25) is 0 Å². The van der Waals surface area contributed by atoms with Crippen molar-refractivity contribution in [3.05, 3.63) is 54.0 Å². The highest BCUT2D eigenvalue weighted by molar-refractivity contribution is 5.94. The molecule has 0 radical (unpaired) electrons. The van der Waals surface area contributed by atoms with E-state index in [1.165, 1.54) is 0 Å². The maximum absolute atomic E-state index is 12.2. The van der Waals surface area contributed by atoms with Crippen molar-refractivity contribution in [2.24, 2.45) is 5.92 Å². The van der Waals surface area contributed by atoms with Crippen LogP contribution in [0.5, 0.6) is 0 Å². The van der Waals surface area contributed by atoms with Gasteiger partial charge in [-0.25, -0.2) is 4.98 Å². The third-order valence-electron chi connectivity index (χ3n) is 3.23. The predicted octanol–water partition coefficient (Wildman–Crippen LogP) is 2.86. The molecule has 2 aromatic rings. The minimum absolute atomic E-state index is 0.113. The first-order chi connectivity index (χ1) is 10.6. The Morgan fingerprint density at radius 1 is 1.27 bits per heavy atom. The number of hydrogen-bond donors (Lipinski definition) is 2. The van der Waals surface area contributed by atoms with E-state index in [9.17, 15) is 4.79 Å². The second kappa shape index (κ2) is 8.12. The van der Waals surface area contributed by atoms with E-state index in [0.29, 0.717) is 18.0 Å². The molecule has 0 aliphatic carbocycles. The summed E-state index contributed by atoms with van der Waals surface area (Å²) in [5.74, 6) is 1.26. The summed E-state index contributed by atoms with van der Waals surface area (Å²) in [5.41, 5.74) is 1.58. The molecule has 0 atom stereocenters. The Hall–Kier alpha value is -2.43. The summed E-state index contributed by atoms with van der Waals surface area (Å²) in [5, 5.41) is 6.13. The van der Waals surface area contributed by atoms with E-state index in [1.54, 1.807) is 30.7 Å². The summed E-state index contributed by atoms with van der Waals surface area (Å²) in [6.07, 6.45) is 6.17. The molecular formula is C17H22N4O. The van der Waals surface area contributed by atoms with Crippen LogP contribution in [0.4, 0.5) is 5.82 Å². The fourth-order valence-electron chi connectivity index (χ4n) is 1.94. The Morgan fingerprint density at radius 3 is 2.86 bits per heavy atom. The van der Waals surface area contributed by atoms with Gasteiger partial charge in [0.2, 0.25) is 0 Å². The highest BCUT2D eigenvalue weighted by atomic mass is 16.1. The Morgan fingerprint density at radius 2 is 2.14 bits per heavy atom. The van der Waals surface area contributed by atoms with Crippen molar-refractivity contribution in [3.8, 4) is 0 Å². The number of nitrogens with one attached hydrogen (secondary N) is 2. The standard InChI is InChI=1S/C17H22N4O/c1-13(2)5-8-19-16-10-15(6-9-20-16)17(22)21-12-14-4-3-7-18-11-14/h3-4,6-7,9-11,13H,5,8,12H2,1-2H3,(H,19,20)(H,21,22). The largest absolute Gasteiger partial charge is 0.370 e. The quantitative estimate of drug-likeness (QED) is 0.825. The van der Waals surface area contributed by atoms with Crippen molar-refractivity contribution in [2.75, 3.05) is 11.9 Å². The lowest BCUT2D eigenvalue weighted by atomic mass is 10.1. The van der Waals surface area contributed by atoms with Gasteiger partial charge in [0.15, 0.2) is 0 Å². The van der Waals surface area contributed by atoms with Crippen LogP contribution in [0.15, 0.2) is 42.9 Å². The maximum atomic E-state index is 12.2. The molecule has 2 N–H and O–H groups in total. The molecule has 0 aliphatic heterocycles. The Balaban J connectivity index is 1.89. The predicted molar refractivity (Wildman–Crippen MR) is 87.6 cm³/mol. The molecule has 0 aromatic carbocycles. The molecule has 0 aliphatic rings. The van der Waals surface area contributed by atoms with Gasteiger partial charge in [0, 0.05) is 37.2 Å². The van der Waals surface area contributed by atoms with E-state index < -0.39 is 0 Å². The van der Waals surface area contributed by atoms with Crippen LogP contribution in [0.25, 0.3) is 0 Å². The normalized spacial score (nSPS) is 10.5. The van der Waals surface area contributed by atoms with E-state index in [2.05, 4.69) is 34.4 Å². The summed E-state index contributed by atoms with van der Waals surface area (Å²) < 4.78 is 0. The molecule has 116 valence electrons. The monoisotopic (exact) mass is 298 g/mol. The number of carbonyl (C=O) groups is 1. The van der Waals surface area contributed by atoms with E-state index in [1.807, 2.05) is 12.1 Å². The lowest BCUT2D eigenvalue weighted by Gasteiger charge is -2.09. The van der Waals surface area contributed by atoms with Gasteiger partial charge in [-0.2, -0.15) is 0 Å². The second-order valence-corrected chi connectivity index (χ2v) is 5.58. The molecule has 2 heterocycles. The van der Waals surface area contributed by atoms with Crippen molar-refractivity contribution < 1.29 is 4.79 Å². The van der Waals surface area contributed by atoms with Crippen LogP contribution in [-0.2, 0) is 6.54 Å². The Kier molecular flexibility index (Phi) is 5.89. The summed E-state index contributed by atoms with van der Waals surface area (Å²) >= 11 is 0. The first-order valence-electron chi connectivity index (χ1n) is 7.52.